The smallest absolute Gasteiger partial charge is 0.166 e. The van der Waals surface area contributed by atoms with E-state index >= 15 is 0 Å². The van der Waals surface area contributed by atoms with Gasteiger partial charge < -0.3 is 0 Å². The summed E-state index contributed by atoms with van der Waals surface area (Å²) < 4.78 is 37.3. The van der Waals surface area contributed by atoms with Crippen molar-refractivity contribution in [1.29, 1.82) is 0 Å². The van der Waals surface area contributed by atoms with Crippen molar-refractivity contribution in [2.45, 2.75) is 37.7 Å². The Morgan fingerprint density at radius 3 is 2.22 bits per heavy atom. The van der Waals surface area contributed by atoms with Crippen molar-refractivity contribution < 1.29 is 13.2 Å². The summed E-state index contributed by atoms with van der Waals surface area (Å²) in [6, 6.07) is 5.48. The van der Waals surface area contributed by atoms with Crippen LogP contribution in [0.2, 0.25) is 0 Å². The Bertz CT molecular complexity index is 396. The van der Waals surface area contributed by atoms with Gasteiger partial charge in [0, 0.05) is 5.38 Å². The topological polar surface area (TPSA) is 0 Å². The van der Waals surface area contributed by atoms with Crippen LogP contribution in [0, 0.1) is 11.8 Å². The van der Waals surface area contributed by atoms with Crippen molar-refractivity contribution in [2.24, 2.45) is 11.8 Å². The first-order valence-electron chi connectivity index (χ1n) is 6.18. The minimum atomic E-state index is -4.25. The van der Waals surface area contributed by atoms with Crippen molar-refractivity contribution in [1.82, 2.24) is 0 Å². The molecule has 100 valence electrons. The average Bonchev–Trinajstić information content (AvgIpc) is 2.61. The molecule has 0 spiro atoms. The lowest BCUT2D eigenvalue weighted by molar-refractivity contribution is -0.137. The maximum atomic E-state index is 12.4. The van der Waals surface area contributed by atoms with E-state index in [9.17, 15) is 13.2 Å². The SMILES string of the molecule is CC1C(Cl)CCC1Cc1ccc(C(F)(F)F)cc1. The van der Waals surface area contributed by atoms with Crippen LogP contribution in [0.5, 0.6) is 0 Å². The minimum Gasteiger partial charge on any atom is -0.166 e. The fraction of sp³-hybridized carbons (Fsp3) is 0.571. The summed E-state index contributed by atoms with van der Waals surface area (Å²) >= 11 is 6.16. The molecule has 0 heterocycles. The fourth-order valence-electron chi connectivity index (χ4n) is 2.61. The molecule has 0 saturated heterocycles. The van der Waals surface area contributed by atoms with Crippen molar-refractivity contribution in [3.05, 3.63) is 35.4 Å². The van der Waals surface area contributed by atoms with Gasteiger partial charge in [0.1, 0.15) is 0 Å². The molecular formula is C14H16ClF3. The lowest BCUT2D eigenvalue weighted by Gasteiger charge is -2.17. The van der Waals surface area contributed by atoms with Crippen molar-refractivity contribution in [2.75, 3.05) is 0 Å². The molecule has 3 unspecified atom stereocenters. The second-order valence-corrected chi connectivity index (χ2v) is 5.67. The van der Waals surface area contributed by atoms with Crippen LogP contribution in [0.1, 0.15) is 30.9 Å². The Hall–Kier alpha value is -0.700. The highest BCUT2D eigenvalue weighted by atomic mass is 35.5. The molecule has 0 nitrogen and oxygen atoms in total. The van der Waals surface area contributed by atoms with E-state index in [1.165, 1.54) is 0 Å². The van der Waals surface area contributed by atoms with Crippen LogP contribution in [-0.2, 0) is 12.6 Å². The highest BCUT2D eigenvalue weighted by Gasteiger charge is 2.32. The summed E-state index contributed by atoms with van der Waals surface area (Å²) in [5, 5.41) is 0.212. The van der Waals surface area contributed by atoms with E-state index in [4.69, 9.17) is 11.6 Å². The molecule has 0 bridgehead atoms. The molecule has 1 aromatic rings. The Balaban J connectivity index is 2.03. The van der Waals surface area contributed by atoms with Gasteiger partial charge in [-0.05, 0) is 48.8 Å². The van der Waals surface area contributed by atoms with Crippen LogP contribution in [0.15, 0.2) is 24.3 Å². The zero-order valence-electron chi connectivity index (χ0n) is 10.2. The van der Waals surface area contributed by atoms with Gasteiger partial charge >= 0.3 is 6.18 Å². The van der Waals surface area contributed by atoms with Crippen LogP contribution in [-0.4, -0.2) is 5.38 Å². The van der Waals surface area contributed by atoms with E-state index in [2.05, 4.69) is 6.92 Å². The summed E-state index contributed by atoms with van der Waals surface area (Å²) in [6.07, 6.45) is -1.35. The first-order valence-corrected chi connectivity index (χ1v) is 6.62. The Kier molecular flexibility index (Phi) is 3.90. The van der Waals surface area contributed by atoms with Gasteiger partial charge in [0.2, 0.25) is 0 Å². The molecule has 1 saturated carbocycles. The Labute approximate surface area is 110 Å². The molecule has 18 heavy (non-hydrogen) atoms. The third kappa shape index (κ3) is 3.00. The molecule has 1 aliphatic rings. The van der Waals surface area contributed by atoms with E-state index in [0.29, 0.717) is 11.8 Å². The van der Waals surface area contributed by atoms with E-state index in [1.807, 2.05) is 0 Å². The van der Waals surface area contributed by atoms with Crippen molar-refractivity contribution >= 4 is 11.6 Å². The van der Waals surface area contributed by atoms with Gasteiger partial charge in [-0.3, -0.25) is 0 Å². The monoisotopic (exact) mass is 276 g/mol. The lowest BCUT2D eigenvalue weighted by Crippen LogP contribution is -2.13. The van der Waals surface area contributed by atoms with Gasteiger partial charge in [-0.1, -0.05) is 19.1 Å². The highest BCUT2D eigenvalue weighted by molar-refractivity contribution is 6.20. The standard InChI is InChI=1S/C14H16ClF3/c1-9-11(4-7-13(9)15)8-10-2-5-12(6-3-10)14(16,17)18/h2-3,5-6,9,11,13H,4,7-8H2,1H3. The molecule has 0 aromatic heterocycles. The van der Waals surface area contributed by atoms with Gasteiger partial charge in [0.15, 0.2) is 0 Å². The number of alkyl halides is 4. The van der Waals surface area contributed by atoms with E-state index in [0.717, 1.165) is 37.0 Å². The van der Waals surface area contributed by atoms with E-state index in [-0.39, 0.29) is 5.38 Å². The van der Waals surface area contributed by atoms with Crippen LogP contribution in [0.3, 0.4) is 0 Å². The normalized spacial score (nSPS) is 28.6. The number of halogens is 4. The molecule has 1 aromatic carbocycles. The molecule has 0 N–H and O–H groups in total. The molecule has 4 heteroatoms. The second kappa shape index (κ2) is 5.12. The average molecular weight is 277 g/mol. The lowest BCUT2D eigenvalue weighted by atomic mass is 9.90. The van der Waals surface area contributed by atoms with Gasteiger partial charge in [-0.25, -0.2) is 0 Å². The molecular weight excluding hydrogens is 261 g/mol. The maximum Gasteiger partial charge on any atom is 0.416 e. The van der Waals surface area contributed by atoms with Gasteiger partial charge in [0.05, 0.1) is 5.56 Å². The zero-order chi connectivity index (χ0) is 13.3. The summed E-state index contributed by atoms with van der Waals surface area (Å²) in [7, 11) is 0. The van der Waals surface area contributed by atoms with Crippen LogP contribution < -0.4 is 0 Å². The molecule has 2 rings (SSSR count). The summed E-state index contributed by atoms with van der Waals surface area (Å²) in [4.78, 5) is 0. The predicted octanol–water partition coefficient (Wildman–Crippen LogP) is 4.90. The number of hydrogen-bond acceptors (Lipinski definition) is 0. The number of hydrogen-bond donors (Lipinski definition) is 0. The third-order valence-corrected chi connectivity index (χ3v) is 4.52. The highest BCUT2D eigenvalue weighted by Crippen LogP contribution is 2.37. The zero-order valence-corrected chi connectivity index (χ0v) is 10.9. The van der Waals surface area contributed by atoms with Gasteiger partial charge in [-0.15, -0.1) is 11.6 Å². The molecule has 3 atom stereocenters. The van der Waals surface area contributed by atoms with Crippen molar-refractivity contribution in [3.63, 3.8) is 0 Å². The number of rotatable bonds is 2. The molecule has 1 fully saturated rings. The maximum absolute atomic E-state index is 12.4. The molecule has 0 aliphatic heterocycles. The Morgan fingerprint density at radius 2 is 1.78 bits per heavy atom. The minimum absolute atomic E-state index is 0.212. The van der Waals surface area contributed by atoms with Crippen molar-refractivity contribution in [3.8, 4) is 0 Å². The molecule has 0 radical (unpaired) electrons. The predicted molar refractivity (Wildman–Crippen MR) is 66.7 cm³/mol. The first-order chi connectivity index (χ1) is 8.38. The number of benzene rings is 1. The molecule has 1 aliphatic carbocycles. The fourth-order valence-corrected chi connectivity index (χ4v) is 2.95. The summed E-state index contributed by atoms with van der Waals surface area (Å²) in [5.41, 5.74) is 0.381. The van der Waals surface area contributed by atoms with E-state index < -0.39 is 11.7 Å². The van der Waals surface area contributed by atoms with E-state index in [1.54, 1.807) is 12.1 Å². The third-order valence-electron chi connectivity index (χ3n) is 3.91. The summed E-state index contributed by atoms with van der Waals surface area (Å²) in [6.45, 7) is 2.12. The Morgan fingerprint density at radius 1 is 1.17 bits per heavy atom. The largest absolute Gasteiger partial charge is 0.416 e. The van der Waals surface area contributed by atoms with Crippen LogP contribution in [0.4, 0.5) is 13.2 Å². The quantitative estimate of drug-likeness (QED) is 0.674. The first kappa shape index (κ1) is 13.7. The molecule has 0 amide bonds. The second-order valence-electron chi connectivity index (χ2n) is 5.11. The van der Waals surface area contributed by atoms with Gasteiger partial charge in [-0.2, -0.15) is 13.2 Å². The van der Waals surface area contributed by atoms with Crippen LogP contribution in [0.25, 0.3) is 0 Å². The summed E-state index contributed by atoms with van der Waals surface area (Å²) in [5.74, 6) is 0.929. The van der Waals surface area contributed by atoms with Crippen LogP contribution >= 0.6 is 11.6 Å². The van der Waals surface area contributed by atoms with Gasteiger partial charge in [0.25, 0.3) is 0 Å².